The van der Waals surface area contributed by atoms with E-state index in [4.69, 9.17) is 32.9 Å². The van der Waals surface area contributed by atoms with E-state index >= 15 is 0 Å². The first-order valence-corrected chi connectivity index (χ1v) is 13.3. The number of ether oxygens (including phenoxy) is 2. The van der Waals surface area contributed by atoms with Gasteiger partial charge in [0.2, 0.25) is 5.91 Å². The Bertz CT molecular complexity index is 1530. The Balaban J connectivity index is 1.74. The van der Waals surface area contributed by atoms with Crippen molar-refractivity contribution < 1.29 is 37.3 Å². The maximum absolute atomic E-state index is 14.2. The number of urea groups is 1. The Morgan fingerprint density at radius 2 is 1.74 bits per heavy atom. The number of benzene rings is 3. The molecule has 0 spiro atoms. The van der Waals surface area contributed by atoms with Crippen LogP contribution in [0.3, 0.4) is 0 Å². The molecule has 2 unspecified atom stereocenters. The van der Waals surface area contributed by atoms with Crippen LogP contribution in [0.1, 0.15) is 28.8 Å². The summed E-state index contributed by atoms with van der Waals surface area (Å²) in [6.07, 6.45) is -5.07. The molecule has 3 aromatic carbocycles. The van der Waals surface area contributed by atoms with E-state index in [2.05, 4.69) is 10.1 Å². The molecule has 1 saturated heterocycles. The quantitative estimate of drug-likeness (QED) is 0.380. The van der Waals surface area contributed by atoms with Gasteiger partial charge in [0, 0.05) is 29.2 Å². The lowest BCUT2D eigenvalue weighted by Crippen LogP contribution is -2.55. The van der Waals surface area contributed by atoms with Crippen LogP contribution >= 0.6 is 23.2 Å². The van der Waals surface area contributed by atoms with E-state index in [1.54, 1.807) is 24.3 Å². The molecule has 2 N–H and O–H groups in total. The number of amidine groups is 1. The van der Waals surface area contributed by atoms with E-state index in [0.717, 1.165) is 6.07 Å². The van der Waals surface area contributed by atoms with Gasteiger partial charge in [-0.1, -0.05) is 35.3 Å². The standard InChI is InChI=1S/C28H23Cl2F3N4O5/c1-41-20-6-7-21(22(13-20)42-28(31,32)33)26-35-24(15-2-4-19(38)5-3-15)25(16-10-17(29)12-18(30)11-16)37(26)27(40)36-9-8-34-23(39)14-36/h2-7,10-13,24-25,38H,8-9,14H2,1H3,(H,34,39). The molecule has 2 aliphatic heterocycles. The minimum atomic E-state index is -5.07. The van der Waals surface area contributed by atoms with Crippen LogP contribution in [-0.2, 0) is 4.79 Å². The lowest BCUT2D eigenvalue weighted by atomic mass is 9.93. The molecule has 0 radical (unpaired) electrons. The van der Waals surface area contributed by atoms with E-state index in [1.807, 2.05) is 0 Å². The lowest BCUT2D eigenvalue weighted by Gasteiger charge is -2.36. The zero-order valence-corrected chi connectivity index (χ0v) is 23.4. The van der Waals surface area contributed by atoms with Gasteiger partial charge in [-0.15, -0.1) is 13.2 Å². The Labute approximate surface area is 248 Å². The number of halogens is 5. The van der Waals surface area contributed by atoms with Crippen molar-refractivity contribution in [3.63, 3.8) is 0 Å². The molecule has 2 aliphatic rings. The first-order valence-electron chi connectivity index (χ1n) is 12.5. The first kappa shape index (κ1) is 29.3. The fourth-order valence-electron chi connectivity index (χ4n) is 4.93. The van der Waals surface area contributed by atoms with Crippen molar-refractivity contribution in [2.24, 2.45) is 4.99 Å². The number of carbonyl (C=O) groups excluding carboxylic acids is 2. The van der Waals surface area contributed by atoms with Crippen molar-refractivity contribution >= 4 is 41.0 Å². The topological polar surface area (TPSA) is 104 Å². The third-order valence-corrected chi connectivity index (χ3v) is 7.13. The van der Waals surface area contributed by atoms with Crippen molar-refractivity contribution in [3.05, 3.63) is 87.4 Å². The maximum atomic E-state index is 14.2. The van der Waals surface area contributed by atoms with Gasteiger partial charge in [0.25, 0.3) is 0 Å². The SMILES string of the molecule is COc1ccc(C2=NC(c3ccc(O)cc3)C(c3cc(Cl)cc(Cl)c3)N2C(=O)N2CCNC(=O)C2)c(OC(F)(F)F)c1. The Morgan fingerprint density at radius 1 is 1.05 bits per heavy atom. The zero-order chi connectivity index (χ0) is 30.2. The Morgan fingerprint density at radius 3 is 2.36 bits per heavy atom. The highest BCUT2D eigenvalue weighted by Crippen LogP contribution is 2.47. The molecule has 9 nitrogen and oxygen atoms in total. The molecule has 3 aromatic rings. The Kier molecular flexibility index (Phi) is 8.11. The van der Waals surface area contributed by atoms with Gasteiger partial charge in [-0.3, -0.25) is 14.7 Å². The van der Waals surface area contributed by atoms with Crippen LogP contribution in [-0.4, -0.2) is 65.8 Å². The number of amides is 3. The van der Waals surface area contributed by atoms with Crippen molar-refractivity contribution in [1.29, 1.82) is 0 Å². The largest absolute Gasteiger partial charge is 0.573 e. The van der Waals surface area contributed by atoms with E-state index in [-0.39, 0.29) is 52.6 Å². The summed E-state index contributed by atoms with van der Waals surface area (Å²) in [6.45, 7) is 0.0602. The molecular formula is C28H23Cl2F3N4O5. The van der Waals surface area contributed by atoms with E-state index < -0.39 is 36.1 Å². The molecule has 220 valence electrons. The molecule has 5 rings (SSSR count). The fraction of sp³-hybridized carbons (Fsp3) is 0.250. The second-order valence-corrected chi connectivity index (χ2v) is 10.3. The molecule has 14 heteroatoms. The second-order valence-electron chi connectivity index (χ2n) is 9.47. The third-order valence-electron chi connectivity index (χ3n) is 6.70. The number of phenols is 1. The summed E-state index contributed by atoms with van der Waals surface area (Å²) in [6, 6.07) is 11.9. The van der Waals surface area contributed by atoms with Gasteiger partial charge in [0.05, 0.1) is 18.7 Å². The zero-order valence-electron chi connectivity index (χ0n) is 21.9. The van der Waals surface area contributed by atoms with Crippen molar-refractivity contribution in [2.75, 3.05) is 26.7 Å². The summed E-state index contributed by atoms with van der Waals surface area (Å²) in [4.78, 5) is 33.7. The maximum Gasteiger partial charge on any atom is 0.573 e. The summed E-state index contributed by atoms with van der Waals surface area (Å²) in [5.74, 6) is -1.13. The summed E-state index contributed by atoms with van der Waals surface area (Å²) in [5.41, 5.74) is 0.818. The molecule has 0 aromatic heterocycles. The van der Waals surface area contributed by atoms with Crippen molar-refractivity contribution in [2.45, 2.75) is 18.4 Å². The molecule has 1 fully saturated rings. The highest BCUT2D eigenvalue weighted by atomic mass is 35.5. The number of rotatable bonds is 5. The van der Waals surface area contributed by atoms with E-state index in [9.17, 15) is 27.9 Å². The monoisotopic (exact) mass is 622 g/mol. The molecule has 0 aliphatic carbocycles. The average molecular weight is 623 g/mol. The van der Waals surface area contributed by atoms with Gasteiger partial charge < -0.3 is 24.8 Å². The molecule has 3 amide bonds. The summed E-state index contributed by atoms with van der Waals surface area (Å²) in [5, 5.41) is 13.1. The predicted molar refractivity (Wildman–Crippen MR) is 148 cm³/mol. The first-order chi connectivity index (χ1) is 19.9. The smallest absolute Gasteiger partial charge is 0.508 e. The molecule has 0 bridgehead atoms. The number of methoxy groups -OCH3 is 1. The number of piperazine rings is 1. The number of hydrogen-bond donors (Lipinski definition) is 2. The summed E-state index contributed by atoms with van der Waals surface area (Å²) < 4.78 is 50.1. The van der Waals surface area contributed by atoms with Crippen LogP contribution in [0, 0.1) is 0 Å². The number of aromatic hydroxyl groups is 1. The van der Waals surface area contributed by atoms with Crippen LogP contribution in [0.2, 0.25) is 10.0 Å². The second kappa shape index (κ2) is 11.6. The van der Waals surface area contributed by atoms with Crippen LogP contribution in [0.25, 0.3) is 0 Å². The number of carbonyl (C=O) groups is 2. The molecule has 2 heterocycles. The molecule has 42 heavy (non-hydrogen) atoms. The lowest BCUT2D eigenvalue weighted by molar-refractivity contribution is -0.274. The van der Waals surface area contributed by atoms with Crippen molar-refractivity contribution in [1.82, 2.24) is 15.1 Å². The van der Waals surface area contributed by atoms with Gasteiger partial charge in [-0.25, -0.2) is 4.79 Å². The normalized spacial score (nSPS) is 18.9. The Hall–Kier alpha value is -4.16. The number of nitrogens with zero attached hydrogens (tertiary/aromatic N) is 3. The third kappa shape index (κ3) is 6.19. The number of nitrogens with one attached hydrogen (secondary N) is 1. The van der Waals surface area contributed by atoms with E-state index in [1.165, 1.54) is 47.2 Å². The van der Waals surface area contributed by atoms with Crippen molar-refractivity contribution in [3.8, 4) is 17.2 Å². The number of hydrogen-bond acceptors (Lipinski definition) is 6. The number of phenolic OH excluding ortho intramolecular Hbond substituents is 1. The fourth-order valence-corrected chi connectivity index (χ4v) is 5.47. The van der Waals surface area contributed by atoms with Gasteiger partial charge in [-0.05, 0) is 53.6 Å². The van der Waals surface area contributed by atoms with Gasteiger partial charge >= 0.3 is 12.4 Å². The van der Waals surface area contributed by atoms with Gasteiger partial charge in [0.15, 0.2) is 0 Å². The molecular weight excluding hydrogens is 600 g/mol. The number of alkyl halides is 3. The van der Waals surface area contributed by atoms with Crippen LogP contribution in [0.5, 0.6) is 17.2 Å². The van der Waals surface area contributed by atoms with Crippen LogP contribution in [0.15, 0.2) is 65.7 Å². The predicted octanol–water partition coefficient (Wildman–Crippen LogP) is 5.70. The minimum Gasteiger partial charge on any atom is -0.508 e. The molecule has 2 atom stereocenters. The molecule has 0 saturated carbocycles. The summed E-state index contributed by atoms with van der Waals surface area (Å²) >= 11 is 12.7. The van der Waals surface area contributed by atoms with Gasteiger partial charge in [0.1, 0.15) is 35.7 Å². The highest BCUT2D eigenvalue weighted by molar-refractivity contribution is 6.34. The van der Waals surface area contributed by atoms with Crippen LogP contribution < -0.4 is 14.8 Å². The van der Waals surface area contributed by atoms with Crippen LogP contribution in [0.4, 0.5) is 18.0 Å². The van der Waals surface area contributed by atoms with Gasteiger partial charge in [-0.2, -0.15) is 0 Å². The highest BCUT2D eigenvalue weighted by Gasteiger charge is 2.46. The average Bonchev–Trinajstić information content (AvgIpc) is 3.32. The van der Waals surface area contributed by atoms with E-state index in [0.29, 0.717) is 11.1 Å². The minimum absolute atomic E-state index is 0.0217. The summed E-state index contributed by atoms with van der Waals surface area (Å²) in [7, 11) is 1.29. The number of aliphatic imine (C=N–C) groups is 1.